The van der Waals surface area contributed by atoms with Crippen LogP contribution in [0.1, 0.15) is 12.8 Å². The summed E-state index contributed by atoms with van der Waals surface area (Å²) in [4.78, 5) is 4.02. The molecule has 76 valence electrons. The SMILES string of the molecule is O=S(=O)(NC1CC1)c1cncc(Br)c1. The summed E-state index contributed by atoms with van der Waals surface area (Å²) in [6.07, 6.45) is 4.76. The molecule has 0 atom stereocenters. The van der Waals surface area contributed by atoms with Crippen LogP contribution in [0.15, 0.2) is 27.8 Å². The number of sulfonamides is 1. The molecule has 0 radical (unpaired) electrons. The van der Waals surface area contributed by atoms with Gasteiger partial charge in [0, 0.05) is 22.9 Å². The molecule has 1 aromatic rings. The van der Waals surface area contributed by atoms with E-state index in [0.29, 0.717) is 4.47 Å². The van der Waals surface area contributed by atoms with Crippen LogP contribution < -0.4 is 4.72 Å². The summed E-state index contributed by atoms with van der Waals surface area (Å²) < 4.78 is 26.6. The van der Waals surface area contributed by atoms with E-state index in [4.69, 9.17) is 0 Å². The molecule has 14 heavy (non-hydrogen) atoms. The molecule has 1 heterocycles. The van der Waals surface area contributed by atoms with Gasteiger partial charge in [0.15, 0.2) is 0 Å². The fourth-order valence-electron chi connectivity index (χ4n) is 1.03. The molecule has 1 aromatic heterocycles. The molecule has 0 aromatic carbocycles. The highest BCUT2D eigenvalue weighted by Gasteiger charge is 2.28. The van der Waals surface area contributed by atoms with Gasteiger partial charge < -0.3 is 0 Å². The number of halogens is 1. The quantitative estimate of drug-likeness (QED) is 0.905. The molecular formula is C8H9BrN2O2S. The van der Waals surface area contributed by atoms with Gasteiger partial charge in [-0.25, -0.2) is 13.1 Å². The first-order valence-electron chi connectivity index (χ1n) is 4.21. The van der Waals surface area contributed by atoms with Crippen molar-refractivity contribution >= 4 is 26.0 Å². The Balaban J connectivity index is 2.28. The molecule has 1 fully saturated rings. The third-order valence-electron chi connectivity index (χ3n) is 1.89. The highest BCUT2D eigenvalue weighted by atomic mass is 79.9. The molecule has 0 amide bonds. The summed E-state index contributed by atoms with van der Waals surface area (Å²) in [5.74, 6) is 0. The van der Waals surface area contributed by atoms with Crippen molar-refractivity contribution in [1.82, 2.24) is 9.71 Å². The zero-order valence-corrected chi connectivity index (χ0v) is 9.68. The minimum atomic E-state index is -3.36. The van der Waals surface area contributed by atoms with Gasteiger partial charge in [-0.2, -0.15) is 0 Å². The first-order valence-corrected chi connectivity index (χ1v) is 6.48. The van der Waals surface area contributed by atoms with Crippen LogP contribution in [0.4, 0.5) is 0 Å². The molecule has 0 unspecified atom stereocenters. The molecule has 1 saturated carbocycles. The molecule has 6 heteroatoms. The Morgan fingerprint density at radius 1 is 1.43 bits per heavy atom. The molecule has 0 saturated heterocycles. The Morgan fingerprint density at radius 3 is 2.71 bits per heavy atom. The smallest absolute Gasteiger partial charge is 0.242 e. The molecule has 1 N–H and O–H groups in total. The van der Waals surface area contributed by atoms with E-state index in [2.05, 4.69) is 25.6 Å². The maximum absolute atomic E-state index is 11.7. The van der Waals surface area contributed by atoms with E-state index in [-0.39, 0.29) is 10.9 Å². The zero-order chi connectivity index (χ0) is 10.2. The lowest BCUT2D eigenvalue weighted by Gasteiger charge is -2.04. The summed E-state index contributed by atoms with van der Waals surface area (Å²) in [7, 11) is -3.36. The van der Waals surface area contributed by atoms with Crippen molar-refractivity contribution in [2.45, 2.75) is 23.8 Å². The van der Waals surface area contributed by atoms with Crippen LogP contribution in [0.3, 0.4) is 0 Å². The van der Waals surface area contributed by atoms with Crippen molar-refractivity contribution < 1.29 is 8.42 Å². The van der Waals surface area contributed by atoms with Gasteiger partial charge in [-0.05, 0) is 34.8 Å². The van der Waals surface area contributed by atoms with Gasteiger partial charge in [-0.1, -0.05) is 0 Å². The number of rotatable bonds is 3. The van der Waals surface area contributed by atoms with E-state index in [0.717, 1.165) is 12.8 Å². The lowest BCUT2D eigenvalue weighted by atomic mass is 10.5. The van der Waals surface area contributed by atoms with Crippen molar-refractivity contribution in [1.29, 1.82) is 0 Å². The first-order chi connectivity index (χ1) is 6.58. The number of pyridine rings is 1. The fourth-order valence-corrected chi connectivity index (χ4v) is 2.84. The second-order valence-electron chi connectivity index (χ2n) is 3.23. The van der Waals surface area contributed by atoms with Crippen molar-refractivity contribution in [3.05, 3.63) is 22.9 Å². The van der Waals surface area contributed by atoms with Crippen molar-refractivity contribution in [2.24, 2.45) is 0 Å². The van der Waals surface area contributed by atoms with E-state index in [9.17, 15) is 8.42 Å². The van der Waals surface area contributed by atoms with Gasteiger partial charge in [0.1, 0.15) is 4.90 Å². The maximum Gasteiger partial charge on any atom is 0.242 e. The highest BCUT2D eigenvalue weighted by molar-refractivity contribution is 9.10. The van der Waals surface area contributed by atoms with Crippen molar-refractivity contribution in [3.63, 3.8) is 0 Å². The summed E-state index contributed by atoms with van der Waals surface area (Å²) in [5.41, 5.74) is 0. The molecule has 0 aliphatic heterocycles. The van der Waals surface area contributed by atoms with E-state index in [1.807, 2.05) is 0 Å². The Labute approximate surface area is 90.9 Å². The predicted molar refractivity (Wildman–Crippen MR) is 55.3 cm³/mol. The lowest BCUT2D eigenvalue weighted by Crippen LogP contribution is -2.25. The fraction of sp³-hybridized carbons (Fsp3) is 0.375. The third kappa shape index (κ3) is 2.31. The Hall–Kier alpha value is -0.460. The molecule has 2 rings (SSSR count). The lowest BCUT2D eigenvalue weighted by molar-refractivity contribution is 0.580. The first kappa shape index (κ1) is 10.1. The van der Waals surface area contributed by atoms with Crippen LogP contribution in [0.25, 0.3) is 0 Å². The topological polar surface area (TPSA) is 59.1 Å². The number of hydrogen-bond donors (Lipinski definition) is 1. The number of aromatic nitrogens is 1. The monoisotopic (exact) mass is 276 g/mol. The number of hydrogen-bond acceptors (Lipinski definition) is 3. The molecule has 1 aliphatic rings. The summed E-state index contributed by atoms with van der Waals surface area (Å²) >= 11 is 3.18. The van der Waals surface area contributed by atoms with Crippen LogP contribution in [0, 0.1) is 0 Å². The minimum Gasteiger partial charge on any atom is -0.262 e. The van der Waals surface area contributed by atoms with Crippen LogP contribution in [-0.4, -0.2) is 19.4 Å². The van der Waals surface area contributed by atoms with Crippen LogP contribution in [-0.2, 0) is 10.0 Å². The van der Waals surface area contributed by atoms with E-state index < -0.39 is 10.0 Å². The normalized spacial score (nSPS) is 16.9. The van der Waals surface area contributed by atoms with E-state index >= 15 is 0 Å². The average molecular weight is 277 g/mol. The van der Waals surface area contributed by atoms with E-state index in [1.54, 1.807) is 6.20 Å². The summed E-state index contributed by atoms with van der Waals surface area (Å²) in [5, 5.41) is 0. The van der Waals surface area contributed by atoms with Gasteiger partial charge in [-0.15, -0.1) is 0 Å². The molecular weight excluding hydrogens is 268 g/mol. The second-order valence-corrected chi connectivity index (χ2v) is 5.86. The van der Waals surface area contributed by atoms with Crippen molar-refractivity contribution in [2.75, 3.05) is 0 Å². The molecule has 4 nitrogen and oxygen atoms in total. The van der Waals surface area contributed by atoms with Gasteiger partial charge in [-0.3, -0.25) is 4.98 Å². The Kier molecular flexibility index (Phi) is 2.59. The zero-order valence-electron chi connectivity index (χ0n) is 7.27. The molecule has 0 bridgehead atoms. The average Bonchev–Trinajstić information content (AvgIpc) is 2.87. The Bertz CT molecular complexity index is 442. The Morgan fingerprint density at radius 2 is 2.14 bits per heavy atom. The second kappa shape index (κ2) is 3.60. The predicted octanol–water partition coefficient (Wildman–Crippen LogP) is 1.28. The largest absolute Gasteiger partial charge is 0.262 e. The minimum absolute atomic E-state index is 0.124. The number of nitrogens with zero attached hydrogens (tertiary/aromatic N) is 1. The van der Waals surface area contributed by atoms with Gasteiger partial charge in [0.05, 0.1) is 0 Å². The third-order valence-corrected chi connectivity index (χ3v) is 3.81. The van der Waals surface area contributed by atoms with Crippen LogP contribution in [0.2, 0.25) is 0 Å². The maximum atomic E-state index is 11.7. The van der Waals surface area contributed by atoms with Crippen LogP contribution in [0.5, 0.6) is 0 Å². The highest BCUT2D eigenvalue weighted by Crippen LogP contribution is 2.22. The van der Waals surface area contributed by atoms with Gasteiger partial charge in [0.25, 0.3) is 0 Å². The molecule has 1 aliphatic carbocycles. The standard InChI is InChI=1S/C8H9BrN2O2S/c9-6-3-8(5-10-4-6)14(12,13)11-7-1-2-7/h3-5,7,11H,1-2H2. The van der Waals surface area contributed by atoms with Crippen molar-refractivity contribution in [3.8, 4) is 0 Å². The molecule has 0 spiro atoms. The number of nitrogens with one attached hydrogen (secondary N) is 1. The summed E-state index contributed by atoms with van der Waals surface area (Å²) in [6, 6.07) is 1.66. The van der Waals surface area contributed by atoms with Gasteiger partial charge in [0.2, 0.25) is 10.0 Å². The van der Waals surface area contributed by atoms with Gasteiger partial charge >= 0.3 is 0 Å². The summed E-state index contributed by atoms with van der Waals surface area (Å²) in [6.45, 7) is 0. The van der Waals surface area contributed by atoms with Crippen LogP contribution >= 0.6 is 15.9 Å². The van der Waals surface area contributed by atoms with E-state index in [1.165, 1.54) is 12.3 Å².